The fourth-order valence-electron chi connectivity index (χ4n) is 2.25. The van der Waals surface area contributed by atoms with Gasteiger partial charge in [-0.3, -0.25) is 0 Å². The SMILES string of the molecule is CC(C)c1ccc(-c2cccc(N)n2)c(C(C)C)c1. The third-order valence-electron chi connectivity index (χ3n) is 3.41. The predicted octanol–water partition coefficient (Wildman–Crippen LogP) is 4.58. The van der Waals surface area contributed by atoms with Gasteiger partial charge in [-0.1, -0.05) is 52.0 Å². The largest absolute Gasteiger partial charge is 0.384 e. The zero-order chi connectivity index (χ0) is 14.0. The Morgan fingerprint density at radius 2 is 1.68 bits per heavy atom. The van der Waals surface area contributed by atoms with Gasteiger partial charge >= 0.3 is 0 Å². The van der Waals surface area contributed by atoms with Gasteiger partial charge in [-0.2, -0.15) is 0 Å². The van der Waals surface area contributed by atoms with E-state index in [1.807, 2.05) is 18.2 Å². The lowest BCUT2D eigenvalue weighted by molar-refractivity contribution is 0.835. The molecule has 1 aromatic heterocycles. The van der Waals surface area contributed by atoms with E-state index in [2.05, 4.69) is 50.9 Å². The first kappa shape index (κ1) is 13.6. The summed E-state index contributed by atoms with van der Waals surface area (Å²) in [6, 6.07) is 12.5. The Morgan fingerprint density at radius 3 is 2.26 bits per heavy atom. The molecule has 19 heavy (non-hydrogen) atoms. The Hall–Kier alpha value is -1.83. The van der Waals surface area contributed by atoms with Gasteiger partial charge in [0.1, 0.15) is 5.82 Å². The van der Waals surface area contributed by atoms with Crippen molar-refractivity contribution in [2.24, 2.45) is 0 Å². The zero-order valence-corrected chi connectivity index (χ0v) is 12.1. The van der Waals surface area contributed by atoms with Crippen LogP contribution in [0.15, 0.2) is 36.4 Å². The number of nitrogens with two attached hydrogens (primary N) is 1. The van der Waals surface area contributed by atoms with Gasteiger partial charge in [0.05, 0.1) is 5.69 Å². The monoisotopic (exact) mass is 254 g/mol. The summed E-state index contributed by atoms with van der Waals surface area (Å²) in [5, 5.41) is 0. The lowest BCUT2D eigenvalue weighted by Gasteiger charge is -2.16. The molecule has 2 aromatic rings. The number of rotatable bonds is 3. The Kier molecular flexibility index (Phi) is 3.89. The summed E-state index contributed by atoms with van der Waals surface area (Å²) in [6.45, 7) is 8.88. The van der Waals surface area contributed by atoms with Crippen molar-refractivity contribution in [3.05, 3.63) is 47.5 Å². The number of aromatic nitrogens is 1. The fraction of sp³-hybridized carbons (Fsp3) is 0.353. The van der Waals surface area contributed by atoms with E-state index in [-0.39, 0.29) is 0 Å². The highest BCUT2D eigenvalue weighted by atomic mass is 14.8. The molecule has 0 aliphatic heterocycles. The highest BCUT2D eigenvalue weighted by Crippen LogP contribution is 2.31. The van der Waals surface area contributed by atoms with E-state index in [1.54, 1.807) is 0 Å². The van der Waals surface area contributed by atoms with Crippen molar-refractivity contribution in [3.63, 3.8) is 0 Å². The van der Waals surface area contributed by atoms with Crippen LogP contribution in [0.3, 0.4) is 0 Å². The highest BCUT2D eigenvalue weighted by molar-refractivity contribution is 5.66. The van der Waals surface area contributed by atoms with Crippen LogP contribution >= 0.6 is 0 Å². The lowest BCUT2D eigenvalue weighted by atomic mass is 9.90. The first-order valence-electron chi connectivity index (χ1n) is 6.85. The molecular formula is C17H22N2. The number of nitrogen functional groups attached to an aromatic ring is 1. The van der Waals surface area contributed by atoms with E-state index in [0.29, 0.717) is 17.7 Å². The van der Waals surface area contributed by atoms with Gasteiger partial charge in [0.15, 0.2) is 0 Å². The first-order valence-corrected chi connectivity index (χ1v) is 6.85. The Morgan fingerprint density at radius 1 is 0.947 bits per heavy atom. The van der Waals surface area contributed by atoms with Crippen molar-refractivity contribution in [1.82, 2.24) is 4.98 Å². The van der Waals surface area contributed by atoms with Crippen LogP contribution in [-0.2, 0) is 0 Å². The summed E-state index contributed by atoms with van der Waals surface area (Å²) in [7, 11) is 0. The maximum absolute atomic E-state index is 5.79. The topological polar surface area (TPSA) is 38.9 Å². The Labute approximate surface area is 115 Å². The molecule has 0 aliphatic carbocycles. The zero-order valence-electron chi connectivity index (χ0n) is 12.1. The molecule has 0 amide bonds. The molecule has 2 heteroatoms. The minimum absolute atomic E-state index is 0.469. The average Bonchev–Trinajstić information content (AvgIpc) is 2.37. The van der Waals surface area contributed by atoms with Crippen LogP contribution in [0.25, 0.3) is 11.3 Å². The first-order chi connectivity index (χ1) is 8.99. The highest BCUT2D eigenvalue weighted by Gasteiger charge is 2.12. The maximum Gasteiger partial charge on any atom is 0.124 e. The van der Waals surface area contributed by atoms with Gasteiger partial charge in [-0.25, -0.2) is 4.98 Å². The normalized spacial score (nSPS) is 11.3. The van der Waals surface area contributed by atoms with Crippen LogP contribution in [-0.4, -0.2) is 4.98 Å². The van der Waals surface area contributed by atoms with Crippen LogP contribution in [0.5, 0.6) is 0 Å². The summed E-state index contributed by atoms with van der Waals surface area (Å²) < 4.78 is 0. The maximum atomic E-state index is 5.79. The minimum Gasteiger partial charge on any atom is -0.384 e. The molecular weight excluding hydrogens is 232 g/mol. The molecule has 1 heterocycles. The third kappa shape index (κ3) is 2.95. The van der Waals surface area contributed by atoms with E-state index in [4.69, 9.17) is 5.73 Å². The number of anilines is 1. The van der Waals surface area contributed by atoms with Gasteiger partial charge < -0.3 is 5.73 Å². The van der Waals surface area contributed by atoms with Gasteiger partial charge in [0.2, 0.25) is 0 Å². The number of hydrogen-bond acceptors (Lipinski definition) is 2. The number of benzene rings is 1. The van der Waals surface area contributed by atoms with Crippen LogP contribution in [0.2, 0.25) is 0 Å². The molecule has 100 valence electrons. The number of pyridine rings is 1. The summed E-state index contributed by atoms with van der Waals surface area (Å²) in [4.78, 5) is 4.44. The molecule has 0 saturated heterocycles. The number of nitrogens with zero attached hydrogens (tertiary/aromatic N) is 1. The molecule has 2 rings (SSSR count). The summed E-state index contributed by atoms with van der Waals surface area (Å²) >= 11 is 0. The molecule has 2 nitrogen and oxygen atoms in total. The molecule has 0 bridgehead atoms. The average molecular weight is 254 g/mol. The van der Waals surface area contributed by atoms with Gasteiger partial charge in [-0.05, 0) is 35.1 Å². The second kappa shape index (κ2) is 5.43. The fourth-order valence-corrected chi connectivity index (χ4v) is 2.25. The number of hydrogen-bond donors (Lipinski definition) is 1. The Bertz CT molecular complexity index is 571. The van der Waals surface area contributed by atoms with E-state index < -0.39 is 0 Å². The smallest absolute Gasteiger partial charge is 0.124 e. The lowest BCUT2D eigenvalue weighted by Crippen LogP contribution is -1.99. The molecule has 0 spiro atoms. The van der Waals surface area contributed by atoms with Crippen LogP contribution in [0.4, 0.5) is 5.82 Å². The van der Waals surface area contributed by atoms with Crippen molar-refractivity contribution >= 4 is 5.82 Å². The van der Waals surface area contributed by atoms with Crippen LogP contribution in [0.1, 0.15) is 50.7 Å². The van der Waals surface area contributed by atoms with Crippen LogP contribution in [0, 0.1) is 0 Å². The van der Waals surface area contributed by atoms with Gasteiger partial charge in [0, 0.05) is 5.56 Å². The van der Waals surface area contributed by atoms with Crippen molar-refractivity contribution in [3.8, 4) is 11.3 Å². The third-order valence-corrected chi connectivity index (χ3v) is 3.41. The standard InChI is InChI=1S/C17H22N2/c1-11(2)13-8-9-14(15(10-13)12(3)4)16-6-5-7-17(18)19-16/h5-12H,1-4H3,(H2,18,19). The molecule has 0 radical (unpaired) electrons. The summed E-state index contributed by atoms with van der Waals surface area (Å²) in [5.74, 6) is 1.58. The molecule has 2 N–H and O–H groups in total. The molecule has 0 saturated carbocycles. The van der Waals surface area contributed by atoms with E-state index in [0.717, 1.165) is 5.69 Å². The summed E-state index contributed by atoms with van der Waals surface area (Å²) in [6.07, 6.45) is 0. The van der Waals surface area contributed by atoms with Crippen molar-refractivity contribution in [1.29, 1.82) is 0 Å². The Balaban J connectivity index is 2.57. The predicted molar refractivity (Wildman–Crippen MR) is 82.3 cm³/mol. The van der Waals surface area contributed by atoms with E-state index in [1.165, 1.54) is 16.7 Å². The van der Waals surface area contributed by atoms with Crippen LogP contribution < -0.4 is 5.73 Å². The molecule has 0 atom stereocenters. The second-order valence-electron chi connectivity index (χ2n) is 5.60. The van der Waals surface area contributed by atoms with E-state index >= 15 is 0 Å². The van der Waals surface area contributed by atoms with Crippen molar-refractivity contribution in [2.45, 2.75) is 39.5 Å². The second-order valence-corrected chi connectivity index (χ2v) is 5.60. The quantitative estimate of drug-likeness (QED) is 0.870. The summed E-state index contributed by atoms with van der Waals surface area (Å²) in [5.41, 5.74) is 10.6. The minimum atomic E-state index is 0.469. The van der Waals surface area contributed by atoms with Crippen molar-refractivity contribution < 1.29 is 0 Å². The van der Waals surface area contributed by atoms with Gasteiger partial charge in [0.25, 0.3) is 0 Å². The van der Waals surface area contributed by atoms with Crippen molar-refractivity contribution in [2.75, 3.05) is 5.73 Å². The molecule has 0 aliphatic rings. The molecule has 0 unspecified atom stereocenters. The van der Waals surface area contributed by atoms with Gasteiger partial charge in [-0.15, -0.1) is 0 Å². The molecule has 0 fully saturated rings. The van der Waals surface area contributed by atoms with E-state index in [9.17, 15) is 0 Å². The molecule has 1 aromatic carbocycles.